The van der Waals surface area contributed by atoms with Crippen LogP contribution in [0.4, 0.5) is 5.69 Å². The summed E-state index contributed by atoms with van der Waals surface area (Å²) in [5.74, 6) is 14.0. The summed E-state index contributed by atoms with van der Waals surface area (Å²) >= 11 is 0. The summed E-state index contributed by atoms with van der Waals surface area (Å²) in [4.78, 5) is 0. The number of hydrogen-bond donors (Lipinski definition) is 1. The molecule has 0 saturated heterocycles. The normalized spacial score (nSPS) is 13.7. The van der Waals surface area contributed by atoms with Crippen LogP contribution in [0, 0.1) is 35.0 Å². The zero-order valence-corrected chi connectivity index (χ0v) is 22.4. The van der Waals surface area contributed by atoms with Crippen LogP contribution in [0.2, 0.25) is 13.1 Å². The summed E-state index contributed by atoms with van der Waals surface area (Å²) in [6.45, 7) is 4.67. The van der Waals surface area contributed by atoms with Crippen LogP contribution in [0.15, 0.2) is 120 Å². The minimum atomic E-state index is -2.29. The maximum Gasteiger partial charge on any atom is 0.135 e. The molecule has 0 spiro atoms. The molecule has 38 heavy (non-hydrogen) atoms. The number of hydrogen-bond acceptors (Lipinski definition) is 2. The Balaban J connectivity index is 1.75. The molecule has 0 aliphatic carbocycles. The molecule has 3 heteroatoms. The first-order valence-corrected chi connectivity index (χ1v) is 15.5. The van der Waals surface area contributed by atoms with Gasteiger partial charge in [-0.2, -0.15) is 5.26 Å². The van der Waals surface area contributed by atoms with Crippen molar-refractivity contribution in [1.29, 1.82) is 5.26 Å². The Labute approximate surface area is 225 Å². The molecule has 0 saturated carbocycles. The fourth-order valence-corrected chi connectivity index (χ4v) is 7.48. The van der Waals surface area contributed by atoms with Crippen molar-refractivity contribution >= 4 is 24.9 Å². The van der Waals surface area contributed by atoms with Crippen LogP contribution >= 0.6 is 0 Å². The highest BCUT2D eigenvalue weighted by molar-refractivity contribution is 6.96. The molecule has 1 aliphatic rings. The van der Waals surface area contributed by atoms with Gasteiger partial charge < -0.3 is 5.73 Å². The number of anilines is 1. The first-order valence-electron chi connectivity index (χ1n) is 12.5. The van der Waals surface area contributed by atoms with Gasteiger partial charge in [-0.1, -0.05) is 97.4 Å². The second-order valence-corrected chi connectivity index (χ2v) is 13.9. The van der Waals surface area contributed by atoms with Crippen LogP contribution in [-0.4, -0.2) is 8.07 Å². The summed E-state index contributed by atoms with van der Waals surface area (Å²) < 4.78 is 0. The number of rotatable bonds is 2. The van der Waals surface area contributed by atoms with Crippen molar-refractivity contribution in [3.8, 4) is 29.8 Å². The second kappa shape index (κ2) is 10.5. The Hall–Kier alpha value is -5.01. The molecule has 0 atom stereocenters. The van der Waals surface area contributed by atoms with E-state index < -0.39 is 8.07 Å². The molecule has 180 valence electrons. The third kappa shape index (κ3) is 4.96. The van der Waals surface area contributed by atoms with E-state index in [0.29, 0.717) is 5.56 Å². The highest BCUT2D eigenvalue weighted by Crippen LogP contribution is 2.48. The molecule has 0 fully saturated rings. The molecule has 4 aromatic rings. The first kappa shape index (κ1) is 24.7. The fourth-order valence-electron chi connectivity index (χ4n) is 4.69. The van der Waals surface area contributed by atoms with Gasteiger partial charge in [0.2, 0.25) is 0 Å². The van der Waals surface area contributed by atoms with Crippen LogP contribution in [-0.2, 0) is 0 Å². The van der Waals surface area contributed by atoms with E-state index in [4.69, 9.17) is 11.0 Å². The van der Waals surface area contributed by atoms with E-state index in [1.54, 1.807) is 0 Å². The van der Waals surface area contributed by atoms with Gasteiger partial charge in [0.1, 0.15) is 8.07 Å². The summed E-state index contributed by atoms with van der Waals surface area (Å²) in [7, 11) is -2.29. The molecule has 0 bridgehead atoms. The molecule has 0 aromatic heterocycles. The smallest absolute Gasteiger partial charge is 0.135 e. The van der Waals surface area contributed by atoms with Crippen molar-refractivity contribution in [3.63, 3.8) is 0 Å². The standard InChI is InChI=1S/C35H26N2Si/c1-38(2)32(23-19-26-13-15-28(25-36)16-14-26)34(29-9-5-3-6-10-29)35(30-11-7-4-8-12-30)33(38)24-20-27-17-21-31(37)22-18-27/h3-18,21-22H,37H2,1-2H3. The Bertz CT molecular complexity index is 1710. The quantitative estimate of drug-likeness (QED) is 0.178. The Morgan fingerprint density at radius 2 is 0.921 bits per heavy atom. The van der Waals surface area contributed by atoms with Gasteiger partial charge >= 0.3 is 0 Å². The van der Waals surface area contributed by atoms with Crippen LogP contribution in [0.1, 0.15) is 27.8 Å². The van der Waals surface area contributed by atoms with Crippen molar-refractivity contribution in [3.05, 3.63) is 147 Å². The van der Waals surface area contributed by atoms with Crippen LogP contribution in [0.3, 0.4) is 0 Å². The molecular formula is C35H26N2Si. The number of nitrogen functional groups attached to an aromatic ring is 1. The summed E-state index contributed by atoms with van der Waals surface area (Å²) in [6, 6.07) is 38.3. The number of nitrogens with two attached hydrogens (primary N) is 1. The largest absolute Gasteiger partial charge is 0.399 e. The molecule has 5 rings (SSSR count). The molecule has 0 radical (unpaired) electrons. The highest BCUT2D eigenvalue weighted by atomic mass is 28.3. The van der Waals surface area contributed by atoms with Gasteiger partial charge in [0, 0.05) is 27.2 Å². The van der Waals surface area contributed by atoms with Gasteiger partial charge in [-0.25, -0.2) is 0 Å². The van der Waals surface area contributed by atoms with Gasteiger partial charge in [-0.15, -0.1) is 0 Å². The summed E-state index contributed by atoms with van der Waals surface area (Å²) in [5, 5.41) is 11.5. The van der Waals surface area contributed by atoms with E-state index in [0.717, 1.165) is 38.7 Å². The van der Waals surface area contributed by atoms with E-state index in [1.165, 1.54) is 10.8 Å². The lowest BCUT2D eigenvalue weighted by Gasteiger charge is -2.18. The minimum absolute atomic E-state index is 0.628. The van der Waals surface area contributed by atoms with E-state index in [9.17, 15) is 0 Å². The first-order chi connectivity index (χ1) is 18.5. The maximum atomic E-state index is 9.16. The SMILES string of the molecule is C[Si]1(C)C(C#Cc2ccc(N)cc2)=C(c2ccccc2)C(c2ccccc2)=C1C#Cc1ccc(C#N)cc1. The number of nitrogens with zero attached hydrogens (tertiary/aromatic N) is 1. The van der Waals surface area contributed by atoms with Gasteiger partial charge in [-0.3, -0.25) is 0 Å². The monoisotopic (exact) mass is 502 g/mol. The van der Waals surface area contributed by atoms with Gasteiger partial charge in [-0.05, 0) is 70.8 Å². The fraction of sp³-hybridized carbons (Fsp3) is 0.0571. The number of nitriles is 1. The topological polar surface area (TPSA) is 49.8 Å². The number of benzene rings is 4. The van der Waals surface area contributed by atoms with Crippen LogP contribution in [0.25, 0.3) is 11.1 Å². The molecule has 1 aliphatic heterocycles. The third-order valence-corrected chi connectivity index (χ3v) is 9.96. The predicted molar refractivity (Wildman–Crippen MR) is 160 cm³/mol. The average molecular weight is 503 g/mol. The van der Waals surface area contributed by atoms with E-state index >= 15 is 0 Å². The van der Waals surface area contributed by atoms with Crippen molar-refractivity contribution < 1.29 is 0 Å². The number of allylic oxidation sites excluding steroid dienone is 4. The Morgan fingerprint density at radius 3 is 1.34 bits per heavy atom. The zero-order valence-electron chi connectivity index (χ0n) is 21.4. The highest BCUT2D eigenvalue weighted by Gasteiger charge is 2.41. The molecule has 0 unspecified atom stereocenters. The van der Waals surface area contributed by atoms with Crippen molar-refractivity contribution in [1.82, 2.24) is 0 Å². The summed E-state index contributed by atoms with van der Waals surface area (Å²) in [6.07, 6.45) is 0. The zero-order chi connectivity index (χ0) is 26.5. The lowest BCUT2D eigenvalue weighted by Crippen LogP contribution is -2.29. The second-order valence-electron chi connectivity index (χ2n) is 9.67. The Kier molecular flexibility index (Phi) is 6.84. The summed E-state index contributed by atoms with van der Waals surface area (Å²) in [5.41, 5.74) is 13.7. The molecule has 4 aromatic carbocycles. The van der Waals surface area contributed by atoms with Crippen molar-refractivity contribution in [2.24, 2.45) is 0 Å². The third-order valence-electron chi connectivity index (χ3n) is 6.71. The molecule has 1 heterocycles. The van der Waals surface area contributed by atoms with Gasteiger partial charge in [0.05, 0.1) is 11.6 Å². The average Bonchev–Trinajstić information content (AvgIpc) is 3.18. The van der Waals surface area contributed by atoms with Crippen LogP contribution < -0.4 is 5.73 Å². The Morgan fingerprint density at radius 1 is 0.526 bits per heavy atom. The van der Waals surface area contributed by atoms with Crippen molar-refractivity contribution in [2.75, 3.05) is 5.73 Å². The maximum absolute atomic E-state index is 9.16. The van der Waals surface area contributed by atoms with E-state index in [1.807, 2.05) is 60.7 Å². The molecule has 0 amide bonds. The van der Waals surface area contributed by atoms with Gasteiger partial charge in [0.15, 0.2) is 0 Å². The lowest BCUT2D eigenvalue weighted by atomic mass is 9.91. The van der Waals surface area contributed by atoms with E-state index in [2.05, 4.69) is 91.4 Å². The molecule has 2 nitrogen and oxygen atoms in total. The molecular weight excluding hydrogens is 476 g/mol. The van der Waals surface area contributed by atoms with E-state index in [-0.39, 0.29) is 0 Å². The lowest BCUT2D eigenvalue weighted by molar-refractivity contribution is 1.48. The van der Waals surface area contributed by atoms with Gasteiger partial charge in [0.25, 0.3) is 0 Å². The molecule has 2 N–H and O–H groups in total. The van der Waals surface area contributed by atoms with Crippen LogP contribution in [0.5, 0.6) is 0 Å². The minimum Gasteiger partial charge on any atom is -0.399 e. The predicted octanol–water partition coefficient (Wildman–Crippen LogP) is 7.25. The van der Waals surface area contributed by atoms with Crippen molar-refractivity contribution in [2.45, 2.75) is 13.1 Å².